The van der Waals surface area contributed by atoms with E-state index in [1.807, 2.05) is 43.6 Å². The fourth-order valence-electron chi connectivity index (χ4n) is 3.14. The number of hydrogen-bond acceptors (Lipinski definition) is 6. The molecule has 0 spiro atoms. The summed E-state index contributed by atoms with van der Waals surface area (Å²) >= 11 is 1.41. The molecule has 2 aromatic heterocycles. The number of carbonyl (C=O) groups excluding carboxylic acids is 1. The van der Waals surface area contributed by atoms with E-state index in [0.717, 1.165) is 36.0 Å². The standard InChI is InChI=1S/C19H21N5O2S/c1-23-11-15(10-20-23)18-21-22-19(24(18)12-16-8-5-9-26-16)27-13-17(25)14-6-3-2-4-7-14/h2-4,6-7,10-11,16H,5,8-9,12-13H2,1H3/t16-/m1/s1. The number of carbonyl (C=O) groups is 1. The number of aromatic nitrogens is 5. The van der Waals surface area contributed by atoms with Crippen LogP contribution in [0.1, 0.15) is 23.2 Å². The second-order valence-corrected chi connectivity index (χ2v) is 7.47. The van der Waals surface area contributed by atoms with Crippen molar-refractivity contribution in [1.29, 1.82) is 0 Å². The second-order valence-electron chi connectivity index (χ2n) is 6.53. The summed E-state index contributed by atoms with van der Waals surface area (Å²) in [7, 11) is 1.87. The fraction of sp³-hybridized carbons (Fsp3) is 0.368. The summed E-state index contributed by atoms with van der Waals surface area (Å²) in [5.41, 5.74) is 1.62. The molecule has 8 heteroatoms. The number of thioether (sulfide) groups is 1. The van der Waals surface area contributed by atoms with E-state index in [2.05, 4.69) is 19.9 Å². The summed E-state index contributed by atoms with van der Waals surface area (Å²) in [6.07, 6.45) is 5.95. The third kappa shape index (κ3) is 4.12. The number of hydrogen-bond donors (Lipinski definition) is 0. The maximum Gasteiger partial charge on any atom is 0.192 e. The smallest absolute Gasteiger partial charge is 0.192 e. The Hall–Kier alpha value is -2.45. The van der Waals surface area contributed by atoms with Gasteiger partial charge >= 0.3 is 0 Å². The molecule has 0 unspecified atom stereocenters. The van der Waals surface area contributed by atoms with Crippen LogP contribution in [0.25, 0.3) is 11.4 Å². The van der Waals surface area contributed by atoms with E-state index in [1.165, 1.54) is 11.8 Å². The van der Waals surface area contributed by atoms with E-state index in [0.29, 0.717) is 17.9 Å². The molecule has 0 radical (unpaired) electrons. The lowest BCUT2D eigenvalue weighted by Crippen LogP contribution is -2.17. The monoisotopic (exact) mass is 383 g/mol. The van der Waals surface area contributed by atoms with E-state index in [9.17, 15) is 4.79 Å². The van der Waals surface area contributed by atoms with Crippen molar-refractivity contribution in [2.24, 2.45) is 7.05 Å². The molecule has 0 N–H and O–H groups in total. The molecule has 0 aliphatic carbocycles. The topological polar surface area (TPSA) is 74.8 Å². The highest BCUT2D eigenvalue weighted by Gasteiger charge is 2.22. The summed E-state index contributed by atoms with van der Waals surface area (Å²) in [6.45, 7) is 1.48. The molecule has 0 bridgehead atoms. The van der Waals surface area contributed by atoms with Crippen molar-refractivity contribution in [3.05, 3.63) is 48.3 Å². The van der Waals surface area contributed by atoms with Gasteiger partial charge in [0, 0.05) is 25.4 Å². The minimum Gasteiger partial charge on any atom is -0.376 e. The molecule has 140 valence electrons. The van der Waals surface area contributed by atoms with Crippen LogP contribution < -0.4 is 0 Å². The molecule has 1 aliphatic rings. The van der Waals surface area contributed by atoms with Gasteiger partial charge in [-0.1, -0.05) is 42.1 Å². The molecule has 1 atom stereocenters. The summed E-state index contributed by atoms with van der Waals surface area (Å²) in [5, 5.41) is 13.7. The predicted molar refractivity (Wildman–Crippen MR) is 103 cm³/mol. The van der Waals surface area contributed by atoms with E-state index in [1.54, 1.807) is 10.9 Å². The van der Waals surface area contributed by atoms with Crippen molar-refractivity contribution in [3.63, 3.8) is 0 Å². The zero-order valence-electron chi connectivity index (χ0n) is 15.1. The molecule has 1 aliphatic heterocycles. The van der Waals surface area contributed by atoms with E-state index >= 15 is 0 Å². The summed E-state index contributed by atoms with van der Waals surface area (Å²) in [4.78, 5) is 12.4. The van der Waals surface area contributed by atoms with Crippen LogP contribution in [0, 0.1) is 0 Å². The third-order valence-electron chi connectivity index (χ3n) is 4.52. The molecular weight excluding hydrogens is 362 g/mol. The SMILES string of the molecule is Cn1cc(-c2nnc(SCC(=O)c3ccccc3)n2C[C@H]2CCCO2)cn1. The van der Waals surface area contributed by atoms with Crippen LogP contribution in [-0.2, 0) is 18.3 Å². The van der Waals surface area contributed by atoms with Gasteiger partial charge in [0.05, 0.1) is 30.2 Å². The van der Waals surface area contributed by atoms with Gasteiger partial charge in [-0.05, 0) is 12.8 Å². The summed E-state index contributed by atoms with van der Waals surface area (Å²) < 4.78 is 9.59. The average molecular weight is 383 g/mol. The molecule has 7 nitrogen and oxygen atoms in total. The van der Waals surface area contributed by atoms with Crippen LogP contribution in [0.15, 0.2) is 47.9 Å². The Bertz CT molecular complexity index is 915. The first kappa shape index (κ1) is 17.9. The normalized spacial score (nSPS) is 16.7. The van der Waals surface area contributed by atoms with Crippen LogP contribution in [-0.4, -0.2) is 48.8 Å². The van der Waals surface area contributed by atoms with Gasteiger partial charge in [0.2, 0.25) is 0 Å². The van der Waals surface area contributed by atoms with E-state index in [-0.39, 0.29) is 11.9 Å². The van der Waals surface area contributed by atoms with Gasteiger partial charge in [-0.2, -0.15) is 5.10 Å². The lowest BCUT2D eigenvalue weighted by molar-refractivity contribution is 0.0953. The lowest BCUT2D eigenvalue weighted by Gasteiger charge is -2.14. The molecule has 1 saturated heterocycles. The van der Waals surface area contributed by atoms with E-state index in [4.69, 9.17) is 4.74 Å². The maximum absolute atomic E-state index is 12.4. The molecule has 1 aromatic carbocycles. The Morgan fingerprint density at radius 2 is 2.15 bits per heavy atom. The quantitative estimate of drug-likeness (QED) is 0.461. The average Bonchev–Trinajstić information content (AvgIpc) is 3.43. The number of Topliss-reactive ketones (excluding diaryl/α,β-unsaturated/α-hetero) is 1. The Labute approximate surface area is 161 Å². The van der Waals surface area contributed by atoms with Crippen molar-refractivity contribution in [2.75, 3.05) is 12.4 Å². The zero-order valence-corrected chi connectivity index (χ0v) is 15.9. The number of benzene rings is 1. The minimum atomic E-state index is 0.0789. The minimum absolute atomic E-state index is 0.0789. The van der Waals surface area contributed by atoms with Gasteiger partial charge in [0.25, 0.3) is 0 Å². The van der Waals surface area contributed by atoms with Crippen LogP contribution in [0.4, 0.5) is 0 Å². The first-order valence-electron chi connectivity index (χ1n) is 8.95. The zero-order chi connectivity index (χ0) is 18.6. The Balaban J connectivity index is 1.55. The lowest BCUT2D eigenvalue weighted by atomic mass is 10.2. The molecule has 0 saturated carbocycles. The Morgan fingerprint density at radius 1 is 1.30 bits per heavy atom. The fourth-order valence-corrected chi connectivity index (χ4v) is 3.98. The van der Waals surface area contributed by atoms with Gasteiger partial charge in [-0.15, -0.1) is 10.2 Å². The van der Waals surface area contributed by atoms with Crippen molar-refractivity contribution < 1.29 is 9.53 Å². The van der Waals surface area contributed by atoms with Crippen LogP contribution in [0.2, 0.25) is 0 Å². The van der Waals surface area contributed by atoms with Crippen molar-refractivity contribution in [1.82, 2.24) is 24.5 Å². The van der Waals surface area contributed by atoms with Crippen LogP contribution >= 0.6 is 11.8 Å². The van der Waals surface area contributed by atoms with Gasteiger partial charge in [-0.3, -0.25) is 14.0 Å². The Kier molecular flexibility index (Phi) is 5.35. The molecule has 4 rings (SSSR count). The molecular formula is C19H21N5O2S. The van der Waals surface area contributed by atoms with Crippen LogP contribution in [0.3, 0.4) is 0 Å². The molecule has 3 aromatic rings. The van der Waals surface area contributed by atoms with Gasteiger partial charge in [-0.25, -0.2) is 0 Å². The third-order valence-corrected chi connectivity index (χ3v) is 5.49. The number of ketones is 1. The van der Waals surface area contributed by atoms with Crippen LogP contribution in [0.5, 0.6) is 0 Å². The van der Waals surface area contributed by atoms with E-state index < -0.39 is 0 Å². The number of ether oxygens (including phenoxy) is 1. The number of nitrogens with zero attached hydrogens (tertiary/aromatic N) is 5. The predicted octanol–water partition coefficient (Wildman–Crippen LogP) is 2.83. The van der Waals surface area contributed by atoms with Gasteiger partial charge in [0.1, 0.15) is 0 Å². The highest BCUT2D eigenvalue weighted by Crippen LogP contribution is 2.26. The summed E-state index contributed by atoms with van der Waals surface area (Å²) in [5.74, 6) is 1.16. The van der Waals surface area contributed by atoms with Crippen molar-refractivity contribution in [2.45, 2.75) is 30.6 Å². The molecule has 0 amide bonds. The molecule has 3 heterocycles. The number of aryl methyl sites for hydroxylation is 1. The molecule has 27 heavy (non-hydrogen) atoms. The first-order chi connectivity index (χ1) is 13.2. The second kappa shape index (κ2) is 8.06. The Morgan fingerprint density at radius 3 is 2.85 bits per heavy atom. The van der Waals surface area contributed by atoms with Gasteiger partial charge in [0.15, 0.2) is 16.8 Å². The van der Waals surface area contributed by atoms with Crippen molar-refractivity contribution >= 4 is 17.5 Å². The van der Waals surface area contributed by atoms with Crippen molar-refractivity contribution in [3.8, 4) is 11.4 Å². The maximum atomic E-state index is 12.4. The number of rotatable bonds is 7. The highest BCUT2D eigenvalue weighted by atomic mass is 32.2. The highest BCUT2D eigenvalue weighted by molar-refractivity contribution is 7.99. The first-order valence-corrected chi connectivity index (χ1v) is 9.94. The summed E-state index contributed by atoms with van der Waals surface area (Å²) in [6, 6.07) is 9.32. The van der Waals surface area contributed by atoms with Gasteiger partial charge < -0.3 is 4.74 Å². The molecule has 1 fully saturated rings. The largest absolute Gasteiger partial charge is 0.376 e.